The molecular weight excluding hydrogens is 312 g/mol. The van der Waals surface area contributed by atoms with Crippen molar-refractivity contribution < 1.29 is 0 Å². The smallest absolute Gasteiger partial charge is 0.0943 e. The van der Waals surface area contributed by atoms with E-state index < -0.39 is 0 Å². The van der Waals surface area contributed by atoms with E-state index >= 15 is 0 Å². The van der Waals surface area contributed by atoms with E-state index in [-0.39, 0.29) is 0 Å². The summed E-state index contributed by atoms with van der Waals surface area (Å²) in [6.45, 7) is 7.05. The molecule has 0 saturated carbocycles. The number of hydrogen-bond donors (Lipinski definition) is 0. The van der Waals surface area contributed by atoms with E-state index in [9.17, 15) is 0 Å². The summed E-state index contributed by atoms with van der Waals surface area (Å²) in [5, 5.41) is 10.0. The summed E-state index contributed by atoms with van der Waals surface area (Å²) >= 11 is 5.41. The minimum atomic E-state index is 0.896. The van der Waals surface area contributed by atoms with Crippen LogP contribution in [0.2, 0.25) is 0 Å². The molecule has 0 unspecified atom stereocenters. The highest BCUT2D eigenvalue weighted by Gasteiger charge is 2.13. The van der Waals surface area contributed by atoms with Gasteiger partial charge >= 0.3 is 0 Å². The summed E-state index contributed by atoms with van der Waals surface area (Å²) in [6, 6.07) is 2.11. The summed E-state index contributed by atoms with van der Waals surface area (Å²) in [6.07, 6.45) is 0. The molecule has 0 N–H and O–H groups in total. The van der Waals surface area contributed by atoms with Crippen LogP contribution in [0.25, 0.3) is 0 Å². The SMILES string of the molecule is CCn1nc(C)c(Br)c1CSc1cc(C)nn1C. The van der Waals surface area contributed by atoms with Crippen LogP contribution < -0.4 is 0 Å². The molecule has 0 aromatic carbocycles. The number of nitrogens with zero attached hydrogens (tertiary/aromatic N) is 4. The van der Waals surface area contributed by atoms with Crippen molar-refractivity contribution in [3.05, 3.63) is 27.6 Å². The van der Waals surface area contributed by atoms with Gasteiger partial charge in [0.1, 0.15) is 0 Å². The average molecular weight is 329 g/mol. The Kier molecular flexibility index (Phi) is 4.17. The summed E-state index contributed by atoms with van der Waals surface area (Å²) in [4.78, 5) is 0. The number of aryl methyl sites for hydroxylation is 4. The summed E-state index contributed by atoms with van der Waals surface area (Å²) in [7, 11) is 1.98. The van der Waals surface area contributed by atoms with Crippen LogP contribution in [0.3, 0.4) is 0 Å². The van der Waals surface area contributed by atoms with Crippen molar-refractivity contribution >= 4 is 27.7 Å². The van der Waals surface area contributed by atoms with Gasteiger partial charge < -0.3 is 0 Å². The maximum atomic E-state index is 4.50. The zero-order valence-corrected chi connectivity index (χ0v) is 13.5. The lowest BCUT2D eigenvalue weighted by Gasteiger charge is -2.05. The molecule has 98 valence electrons. The Morgan fingerprint density at radius 1 is 1.33 bits per heavy atom. The van der Waals surface area contributed by atoms with Crippen LogP contribution >= 0.6 is 27.7 Å². The fourth-order valence-electron chi connectivity index (χ4n) is 1.87. The lowest BCUT2D eigenvalue weighted by molar-refractivity contribution is 0.631. The normalized spacial score (nSPS) is 11.2. The molecule has 0 atom stereocenters. The van der Waals surface area contributed by atoms with Crippen LogP contribution in [-0.4, -0.2) is 19.6 Å². The second-order valence-electron chi connectivity index (χ2n) is 4.20. The monoisotopic (exact) mass is 328 g/mol. The molecule has 2 aromatic rings. The van der Waals surface area contributed by atoms with Crippen LogP contribution in [0, 0.1) is 13.8 Å². The Labute approximate surface area is 120 Å². The van der Waals surface area contributed by atoms with E-state index in [2.05, 4.69) is 43.8 Å². The number of halogens is 1. The van der Waals surface area contributed by atoms with Crippen molar-refractivity contribution in [2.45, 2.75) is 38.1 Å². The predicted molar refractivity (Wildman–Crippen MR) is 77.8 cm³/mol. The van der Waals surface area contributed by atoms with Gasteiger partial charge in [0.25, 0.3) is 0 Å². The van der Waals surface area contributed by atoms with Gasteiger partial charge in [-0.1, -0.05) is 0 Å². The van der Waals surface area contributed by atoms with Crippen LogP contribution in [0.1, 0.15) is 24.0 Å². The largest absolute Gasteiger partial charge is 0.268 e. The molecule has 0 amide bonds. The molecule has 0 aliphatic heterocycles. The zero-order chi connectivity index (χ0) is 13.3. The van der Waals surface area contributed by atoms with E-state index in [1.165, 1.54) is 10.7 Å². The van der Waals surface area contributed by atoms with Crippen molar-refractivity contribution in [1.82, 2.24) is 19.6 Å². The molecule has 2 rings (SSSR count). The minimum Gasteiger partial charge on any atom is -0.268 e. The van der Waals surface area contributed by atoms with Crippen molar-refractivity contribution in [1.29, 1.82) is 0 Å². The molecule has 0 saturated heterocycles. The molecule has 0 aliphatic carbocycles. The summed E-state index contributed by atoms with van der Waals surface area (Å²) < 4.78 is 5.10. The van der Waals surface area contributed by atoms with E-state index in [1.54, 1.807) is 11.8 Å². The number of rotatable bonds is 4. The molecule has 0 fully saturated rings. The Morgan fingerprint density at radius 3 is 2.61 bits per heavy atom. The molecule has 0 radical (unpaired) electrons. The van der Waals surface area contributed by atoms with Gasteiger partial charge in [0.05, 0.1) is 26.6 Å². The van der Waals surface area contributed by atoms with Crippen LogP contribution in [0.4, 0.5) is 0 Å². The van der Waals surface area contributed by atoms with E-state index in [4.69, 9.17) is 0 Å². The van der Waals surface area contributed by atoms with E-state index in [1.807, 2.05) is 25.6 Å². The fourth-order valence-corrected chi connectivity index (χ4v) is 3.54. The molecule has 4 nitrogen and oxygen atoms in total. The fraction of sp³-hybridized carbons (Fsp3) is 0.500. The highest BCUT2D eigenvalue weighted by molar-refractivity contribution is 9.10. The first-order valence-electron chi connectivity index (χ1n) is 5.88. The summed E-state index contributed by atoms with van der Waals surface area (Å²) in [5.74, 6) is 0.897. The van der Waals surface area contributed by atoms with E-state index in [0.29, 0.717) is 0 Å². The van der Waals surface area contributed by atoms with Gasteiger partial charge in [0, 0.05) is 19.3 Å². The summed E-state index contributed by atoms with van der Waals surface area (Å²) in [5.41, 5.74) is 3.34. The molecule has 0 aliphatic rings. The quantitative estimate of drug-likeness (QED) is 0.808. The Bertz CT molecular complexity index is 559. The Hall–Kier alpha value is -0.750. The van der Waals surface area contributed by atoms with Crippen molar-refractivity contribution in [3.63, 3.8) is 0 Å². The number of thioether (sulfide) groups is 1. The van der Waals surface area contributed by atoms with Gasteiger partial charge in [-0.15, -0.1) is 11.8 Å². The number of hydrogen-bond acceptors (Lipinski definition) is 3. The maximum absolute atomic E-state index is 4.50. The molecule has 2 aromatic heterocycles. The van der Waals surface area contributed by atoms with Gasteiger partial charge in [-0.2, -0.15) is 10.2 Å². The van der Waals surface area contributed by atoms with Gasteiger partial charge in [-0.25, -0.2) is 0 Å². The first-order valence-corrected chi connectivity index (χ1v) is 7.66. The molecule has 2 heterocycles. The topological polar surface area (TPSA) is 35.6 Å². The van der Waals surface area contributed by atoms with Crippen LogP contribution in [-0.2, 0) is 19.3 Å². The van der Waals surface area contributed by atoms with E-state index in [0.717, 1.165) is 28.2 Å². The second-order valence-corrected chi connectivity index (χ2v) is 5.99. The van der Waals surface area contributed by atoms with Crippen molar-refractivity contribution in [3.8, 4) is 0 Å². The van der Waals surface area contributed by atoms with Crippen molar-refractivity contribution in [2.24, 2.45) is 7.05 Å². The maximum Gasteiger partial charge on any atom is 0.0943 e. The van der Waals surface area contributed by atoms with Gasteiger partial charge in [-0.05, 0) is 42.8 Å². The van der Waals surface area contributed by atoms with Gasteiger partial charge in [-0.3, -0.25) is 9.36 Å². The third kappa shape index (κ3) is 2.64. The lowest BCUT2D eigenvalue weighted by atomic mass is 10.4. The average Bonchev–Trinajstić information content (AvgIpc) is 2.78. The predicted octanol–water partition coefficient (Wildman–Crippen LogP) is 3.31. The van der Waals surface area contributed by atoms with Crippen LogP contribution in [0.5, 0.6) is 0 Å². The molecule has 18 heavy (non-hydrogen) atoms. The minimum absolute atomic E-state index is 0.896. The molecule has 6 heteroatoms. The Morgan fingerprint density at radius 2 is 2.06 bits per heavy atom. The molecular formula is C12H17BrN4S. The van der Waals surface area contributed by atoms with Gasteiger partial charge in [0.2, 0.25) is 0 Å². The molecule has 0 bridgehead atoms. The second kappa shape index (κ2) is 5.48. The van der Waals surface area contributed by atoms with Gasteiger partial charge in [0.15, 0.2) is 0 Å². The first kappa shape index (κ1) is 13.7. The standard InChI is InChI=1S/C12H17BrN4S/c1-5-17-10(12(13)9(3)15-17)7-18-11-6-8(2)14-16(11)4/h6H,5,7H2,1-4H3. The highest BCUT2D eigenvalue weighted by Crippen LogP contribution is 2.29. The highest BCUT2D eigenvalue weighted by atomic mass is 79.9. The lowest BCUT2D eigenvalue weighted by Crippen LogP contribution is -2.02. The molecule has 0 spiro atoms. The Balaban J connectivity index is 2.17. The zero-order valence-electron chi connectivity index (χ0n) is 11.1. The van der Waals surface area contributed by atoms with Crippen molar-refractivity contribution in [2.75, 3.05) is 0 Å². The van der Waals surface area contributed by atoms with Crippen LogP contribution in [0.15, 0.2) is 15.6 Å². The third-order valence-corrected chi connectivity index (χ3v) is 4.90. The third-order valence-electron chi connectivity index (χ3n) is 2.77. The first-order chi connectivity index (χ1) is 8.52. The number of aromatic nitrogens is 4.